The summed E-state index contributed by atoms with van der Waals surface area (Å²) in [4.78, 5) is 29.9. The zero-order valence-corrected chi connectivity index (χ0v) is 20.5. The number of hydrazone groups is 1. The molecule has 2 amide bonds. The van der Waals surface area contributed by atoms with E-state index in [1.165, 1.54) is 6.21 Å². The minimum absolute atomic E-state index is 0.0320. The predicted molar refractivity (Wildman–Crippen MR) is 136 cm³/mol. The van der Waals surface area contributed by atoms with E-state index in [-0.39, 0.29) is 30.3 Å². The second-order valence-electron chi connectivity index (χ2n) is 8.79. The highest BCUT2D eigenvalue weighted by molar-refractivity contribution is 6.33. The molecule has 0 aliphatic heterocycles. The van der Waals surface area contributed by atoms with Gasteiger partial charge in [-0.25, -0.2) is 0 Å². The van der Waals surface area contributed by atoms with Crippen molar-refractivity contribution >= 4 is 29.4 Å². The van der Waals surface area contributed by atoms with Crippen molar-refractivity contribution in [1.82, 2.24) is 10.7 Å². The summed E-state index contributed by atoms with van der Waals surface area (Å²) in [6.45, 7) is 8.00. The molecule has 0 saturated carbocycles. The standard InChI is InChI=1S/C23H40N8O3/c1-14(2)20(24)23(34)30-21(15(3)4)19(31-26)12-27-18(6-5-11-28-25)22(33)29-17-9-7-16(13-32)8-10-17/h7-10,12,14-15,18,20-21,28,32H,5-6,11,13,24-26H2,1-4H3,(H,29,33)(H,30,34)/t18-,20+,21-/m0/s1. The summed E-state index contributed by atoms with van der Waals surface area (Å²) in [6, 6.07) is 4.95. The monoisotopic (exact) mass is 476 g/mol. The molecule has 3 atom stereocenters. The van der Waals surface area contributed by atoms with Gasteiger partial charge in [0.05, 0.1) is 18.7 Å². The van der Waals surface area contributed by atoms with Gasteiger partial charge in [0.2, 0.25) is 11.8 Å². The molecule has 34 heavy (non-hydrogen) atoms. The maximum absolute atomic E-state index is 12.9. The Labute approximate surface area is 201 Å². The van der Waals surface area contributed by atoms with E-state index in [9.17, 15) is 14.7 Å². The van der Waals surface area contributed by atoms with E-state index >= 15 is 0 Å². The average Bonchev–Trinajstić information content (AvgIpc) is 2.81. The number of nitrogens with two attached hydrogens (primary N) is 3. The first-order chi connectivity index (χ1) is 16.1. The molecular formula is C23H40N8O3. The SMILES string of the molecule is CC(C)[C@H](NC(=O)[C@H](N)C(C)C)C(C=N[C@@H](CCCNN)C(=O)Nc1ccc(CO)cc1)=NN. The second-order valence-corrected chi connectivity index (χ2v) is 8.79. The zero-order valence-electron chi connectivity index (χ0n) is 20.5. The normalized spacial score (nSPS) is 14.9. The number of hydrogen-bond donors (Lipinski definition) is 7. The van der Waals surface area contributed by atoms with Gasteiger partial charge in [-0.1, -0.05) is 39.8 Å². The van der Waals surface area contributed by atoms with Gasteiger partial charge in [-0.15, -0.1) is 0 Å². The summed E-state index contributed by atoms with van der Waals surface area (Å²) in [5.74, 6) is 10.3. The fraction of sp³-hybridized carbons (Fsp3) is 0.565. The summed E-state index contributed by atoms with van der Waals surface area (Å²) in [7, 11) is 0. The highest BCUT2D eigenvalue weighted by Crippen LogP contribution is 2.13. The summed E-state index contributed by atoms with van der Waals surface area (Å²) >= 11 is 0. The van der Waals surface area contributed by atoms with Gasteiger partial charge in [-0.3, -0.25) is 25.8 Å². The summed E-state index contributed by atoms with van der Waals surface area (Å²) in [5, 5.41) is 18.7. The molecule has 0 aromatic heterocycles. The highest BCUT2D eigenvalue weighted by Gasteiger charge is 2.26. The van der Waals surface area contributed by atoms with Crippen LogP contribution in [-0.4, -0.2) is 53.5 Å². The molecule has 0 radical (unpaired) electrons. The van der Waals surface area contributed by atoms with Crippen molar-refractivity contribution in [3.05, 3.63) is 29.8 Å². The van der Waals surface area contributed by atoms with Crippen LogP contribution in [0, 0.1) is 11.8 Å². The van der Waals surface area contributed by atoms with Crippen LogP contribution in [0.15, 0.2) is 34.4 Å². The number of nitrogens with one attached hydrogen (secondary N) is 3. The first-order valence-electron chi connectivity index (χ1n) is 11.5. The molecule has 0 unspecified atom stereocenters. The van der Waals surface area contributed by atoms with E-state index in [0.717, 1.165) is 5.56 Å². The lowest BCUT2D eigenvalue weighted by Crippen LogP contribution is -2.52. The Kier molecular flexibility index (Phi) is 13.0. The number of anilines is 1. The minimum atomic E-state index is -0.732. The first kappa shape index (κ1) is 29.2. The molecule has 11 heteroatoms. The lowest BCUT2D eigenvalue weighted by atomic mass is 9.97. The Bertz CT molecular complexity index is 824. The first-order valence-corrected chi connectivity index (χ1v) is 11.5. The molecule has 0 heterocycles. The maximum Gasteiger partial charge on any atom is 0.249 e. The maximum atomic E-state index is 12.9. The molecule has 1 rings (SSSR count). The molecule has 0 saturated heterocycles. The van der Waals surface area contributed by atoms with Crippen LogP contribution in [0.3, 0.4) is 0 Å². The van der Waals surface area contributed by atoms with E-state index in [1.807, 2.05) is 27.7 Å². The molecule has 190 valence electrons. The van der Waals surface area contributed by atoms with Gasteiger partial charge in [0.25, 0.3) is 0 Å². The average molecular weight is 477 g/mol. The van der Waals surface area contributed by atoms with Gasteiger partial charge in [0.15, 0.2) is 0 Å². The van der Waals surface area contributed by atoms with E-state index in [0.29, 0.717) is 30.8 Å². The quantitative estimate of drug-likeness (QED) is 0.0864. The Morgan fingerprint density at radius 1 is 1.09 bits per heavy atom. The third-order valence-electron chi connectivity index (χ3n) is 5.35. The van der Waals surface area contributed by atoms with Crippen molar-refractivity contribution < 1.29 is 14.7 Å². The third kappa shape index (κ3) is 9.56. The number of hydrogen-bond acceptors (Lipinski definition) is 9. The van der Waals surface area contributed by atoms with Gasteiger partial charge in [-0.05, 0) is 42.4 Å². The van der Waals surface area contributed by atoms with Crippen molar-refractivity contribution in [2.45, 2.75) is 65.3 Å². The summed E-state index contributed by atoms with van der Waals surface area (Å²) < 4.78 is 0. The number of aliphatic hydroxyl groups is 1. The van der Waals surface area contributed by atoms with Crippen LogP contribution in [0.2, 0.25) is 0 Å². The summed E-state index contributed by atoms with van der Waals surface area (Å²) in [5.41, 5.74) is 10.2. The van der Waals surface area contributed by atoms with Gasteiger partial charge < -0.3 is 27.3 Å². The number of nitrogens with zero attached hydrogens (tertiary/aromatic N) is 2. The largest absolute Gasteiger partial charge is 0.392 e. The third-order valence-corrected chi connectivity index (χ3v) is 5.35. The van der Waals surface area contributed by atoms with E-state index in [2.05, 4.69) is 26.2 Å². The number of carbonyl (C=O) groups is 2. The predicted octanol–water partition coefficient (Wildman–Crippen LogP) is 0.239. The molecule has 0 bridgehead atoms. The number of benzene rings is 1. The smallest absolute Gasteiger partial charge is 0.249 e. The molecule has 1 aromatic rings. The zero-order chi connectivity index (χ0) is 25.7. The number of aliphatic imine (C=N–C) groups is 1. The van der Waals surface area contributed by atoms with Crippen molar-refractivity contribution in [2.24, 2.45) is 39.3 Å². The molecule has 0 aliphatic rings. The van der Waals surface area contributed by atoms with Gasteiger partial charge >= 0.3 is 0 Å². The van der Waals surface area contributed by atoms with E-state index in [4.69, 9.17) is 17.4 Å². The molecule has 0 aliphatic carbocycles. The molecule has 0 fully saturated rings. The van der Waals surface area contributed by atoms with Crippen LogP contribution in [0.1, 0.15) is 46.1 Å². The van der Waals surface area contributed by atoms with Crippen LogP contribution in [0.5, 0.6) is 0 Å². The van der Waals surface area contributed by atoms with Gasteiger partial charge in [-0.2, -0.15) is 5.10 Å². The number of hydrazine groups is 1. The van der Waals surface area contributed by atoms with Crippen molar-refractivity contribution in [3.63, 3.8) is 0 Å². The molecule has 0 spiro atoms. The molecular weight excluding hydrogens is 436 g/mol. The van der Waals surface area contributed by atoms with Crippen LogP contribution >= 0.6 is 0 Å². The number of carbonyl (C=O) groups excluding carboxylic acids is 2. The Morgan fingerprint density at radius 2 is 1.74 bits per heavy atom. The Balaban J connectivity index is 3.04. The highest BCUT2D eigenvalue weighted by atomic mass is 16.3. The topological polar surface area (TPSA) is 193 Å². The van der Waals surface area contributed by atoms with Crippen LogP contribution in [0.25, 0.3) is 0 Å². The second kappa shape index (κ2) is 15.1. The van der Waals surface area contributed by atoms with Crippen molar-refractivity contribution in [2.75, 3.05) is 11.9 Å². The van der Waals surface area contributed by atoms with Crippen LogP contribution < -0.4 is 33.5 Å². The van der Waals surface area contributed by atoms with E-state index < -0.39 is 18.1 Å². The van der Waals surface area contributed by atoms with E-state index in [1.54, 1.807) is 24.3 Å². The van der Waals surface area contributed by atoms with Crippen molar-refractivity contribution in [1.29, 1.82) is 0 Å². The molecule has 10 N–H and O–H groups in total. The fourth-order valence-electron chi connectivity index (χ4n) is 3.08. The summed E-state index contributed by atoms with van der Waals surface area (Å²) in [6.07, 6.45) is 2.47. The fourth-order valence-corrected chi connectivity index (χ4v) is 3.08. The molecule has 1 aromatic carbocycles. The Morgan fingerprint density at radius 3 is 2.24 bits per heavy atom. The van der Waals surface area contributed by atoms with Crippen LogP contribution in [0.4, 0.5) is 5.69 Å². The van der Waals surface area contributed by atoms with Gasteiger partial charge in [0, 0.05) is 18.4 Å². The van der Waals surface area contributed by atoms with Crippen molar-refractivity contribution in [3.8, 4) is 0 Å². The minimum Gasteiger partial charge on any atom is -0.392 e. The Hall–Kier alpha value is -2.86. The number of aliphatic hydroxyl groups excluding tert-OH is 1. The number of rotatable bonds is 14. The van der Waals surface area contributed by atoms with Crippen LogP contribution in [-0.2, 0) is 16.2 Å². The lowest BCUT2D eigenvalue weighted by molar-refractivity contribution is -0.123. The van der Waals surface area contributed by atoms with Gasteiger partial charge in [0.1, 0.15) is 11.8 Å². The number of amides is 2. The molecule has 11 nitrogen and oxygen atoms in total. The lowest BCUT2D eigenvalue weighted by Gasteiger charge is -2.25.